The van der Waals surface area contributed by atoms with E-state index in [4.69, 9.17) is 9.84 Å². The minimum Gasteiger partial charge on any atom is -0.481 e. The maximum atomic E-state index is 11.4. The number of amides is 1. The molecule has 8 heteroatoms. The molecule has 7 nitrogen and oxygen atoms in total. The van der Waals surface area contributed by atoms with Crippen molar-refractivity contribution in [3.05, 3.63) is 11.2 Å². The van der Waals surface area contributed by atoms with Crippen LogP contribution in [-0.4, -0.2) is 29.6 Å². The van der Waals surface area contributed by atoms with E-state index >= 15 is 0 Å². The van der Waals surface area contributed by atoms with Gasteiger partial charge in [-0.2, -0.15) is 0 Å². The Balaban J connectivity index is 2.72. The number of rotatable bonds is 5. The first-order chi connectivity index (χ1) is 8.04. The van der Waals surface area contributed by atoms with E-state index in [-0.39, 0.29) is 17.3 Å². The van der Waals surface area contributed by atoms with E-state index in [2.05, 4.69) is 15.8 Å². The van der Waals surface area contributed by atoms with Crippen LogP contribution in [0.2, 0.25) is 0 Å². The molecule has 0 bridgehead atoms. The average molecular weight is 257 g/mol. The minimum atomic E-state index is -1.26. The summed E-state index contributed by atoms with van der Waals surface area (Å²) in [7, 11) is 0. The number of nitrogens with one attached hydrogen (secondary N) is 1. The summed E-state index contributed by atoms with van der Waals surface area (Å²) >= 11 is 0.897. The molecule has 1 aromatic heterocycles. The standard InChI is InChI=1S/C9H8N2O5S/c1-2-16-9(15)7-8(17-4-10-7)11-5(12)3-6(13)14/h2-3H2,1H3,(H-,11,12,13,14,15)/p+1. The highest BCUT2D eigenvalue weighted by Crippen LogP contribution is 2.16. The van der Waals surface area contributed by atoms with Crippen molar-refractivity contribution in [2.45, 2.75) is 13.3 Å². The molecule has 1 amide bonds. The van der Waals surface area contributed by atoms with E-state index in [9.17, 15) is 14.4 Å². The van der Waals surface area contributed by atoms with Gasteiger partial charge < -0.3 is 15.2 Å². The molecule has 0 fully saturated rings. The number of carbonyl (C=O) groups is 3. The fourth-order valence-corrected chi connectivity index (χ4v) is 1.56. The highest BCUT2D eigenvalue weighted by Gasteiger charge is 2.28. The lowest BCUT2D eigenvalue weighted by Gasteiger charge is -1.98. The summed E-state index contributed by atoms with van der Waals surface area (Å²) in [5.41, 5.74) is 2.35. The van der Waals surface area contributed by atoms with Crippen LogP contribution in [0.4, 0.5) is 5.00 Å². The minimum absolute atomic E-state index is 0.0735. The molecule has 1 heterocycles. The smallest absolute Gasteiger partial charge is 0.459 e. The zero-order valence-corrected chi connectivity index (χ0v) is 9.67. The van der Waals surface area contributed by atoms with Crippen molar-refractivity contribution < 1.29 is 29.2 Å². The normalized spacial score (nSPS) is 9.24. The summed E-state index contributed by atoms with van der Waals surface area (Å²) in [6, 6.07) is 0. The van der Waals surface area contributed by atoms with Gasteiger partial charge in [0.05, 0.1) is 6.61 Å². The molecular formula is C9H9N2O5S+. The van der Waals surface area contributed by atoms with Gasteiger partial charge in [0.15, 0.2) is 0 Å². The number of aliphatic carboxylic acids is 1. The van der Waals surface area contributed by atoms with Crippen LogP contribution < -0.4 is 10.3 Å². The van der Waals surface area contributed by atoms with Gasteiger partial charge in [-0.3, -0.25) is 9.59 Å². The second kappa shape index (κ2) is 5.81. The Morgan fingerprint density at radius 2 is 2.24 bits per heavy atom. The molecule has 90 valence electrons. The third-order valence-electron chi connectivity index (χ3n) is 1.55. The highest BCUT2D eigenvalue weighted by molar-refractivity contribution is 7.13. The molecule has 1 aromatic rings. The van der Waals surface area contributed by atoms with Gasteiger partial charge >= 0.3 is 23.1 Å². The van der Waals surface area contributed by atoms with Crippen molar-refractivity contribution in [2.24, 2.45) is 0 Å². The second-order valence-electron chi connectivity index (χ2n) is 2.82. The number of anilines is 1. The maximum absolute atomic E-state index is 11.4. The lowest BCUT2D eigenvalue weighted by molar-refractivity contribution is -0.295. The molecule has 0 unspecified atom stereocenters. The molecule has 0 aromatic carbocycles. The van der Waals surface area contributed by atoms with Gasteiger partial charge in [-0.25, -0.2) is 4.79 Å². The van der Waals surface area contributed by atoms with Gasteiger partial charge in [0, 0.05) is 11.3 Å². The number of carboxylic acid groups (broad SMARTS) is 1. The van der Waals surface area contributed by atoms with Crippen LogP contribution in [0, 0.1) is 5.51 Å². The summed E-state index contributed by atoms with van der Waals surface area (Å²) in [6.07, 6.45) is -0.680. The lowest BCUT2D eigenvalue weighted by Crippen LogP contribution is -2.20. The topological polar surface area (TPSA) is 107 Å². The molecule has 0 atom stereocenters. The van der Waals surface area contributed by atoms with E-state index in [1.54, 1.807) is 6.92 Å². The molecule has 1 rings (SSSR count). The number of nitrogens with zero attached hydrogens (tertiary/aromatic N) is 1. The Bertz CT molecular complexity index is 442. The van der Waals surface area contributed by atoms with Gasteiger partial charge in [-0.05, 0) is 11.9 Å². The van der Waals surface area contributed by atoms with Gasteiger partial charge in [-0.1, -0.05) is 0 Å². The highest BCUT2D eigenvalue weighted by atomic mass is 32.1. The molecule has 0 aliphatic heterocycles. The summed E-state index contributed by atoms with van der Waals surface area (Å²) in [4.78, 5) is 36.4. The van der Waals surface area contributed by atoms with E-state index in [1.807, 2.05) is 0 Å². The zero-order valence-electron chi connectivity index (χ0n) is 8.85. The Labute approximate surface area is 100 Å². The zero-order chi connectivity index (χ0) is 12.8. The number of hydrogen-bond acceptors (Lipinski definition) is 5. The molecular weight excluding hydrogens is 248 g/mol. The molecule has 0 aliphatic carbocycles. The fraction of sp³-hybridized carbons (Fsp3) is 0.333. The molecule has 0 saturated carbocycles. The van der Waals surface area contributed by atoms with Crippen LogP contribution in [0.1, 0.15) is 23.8 Å². The van der Waals surface area contributed by atoms with Crippen molar-refractivity contribution in [1.29, 1.82) is 0 Å². The van der Waals surface area contributed by atoms with Crippen molar-refractivity contribution in [1.82, 2.24) is 0 Å². The molecule has 0 aliphatic rings. The number of carboxylic acids is 1. The Kier molecular flexibility index (Phi) is 4.42. The quantitative estimate of drug-likeness (QED) is 0.556. The second-order valence-corrected chi connectivity index (χ2v) is 3.62. The predicted molar refractivity (Wildman–Crippen MR) is 55.6 cm³/mol. The third-order valence-corrected chi connectivity index (χ3v) is 2.24. The summed E-state index contributed by atoms with van der Waals surface area (Å²) < 4.78 is 4.71. The van der Waals surface area contributed by atoms with Gasteiger partial charge in [-0.15, -0.1) is 0 Å². The van der Waals surface area contributed by atoms with Crippen LogP contribution >= 0.6 is 11.3 Å². The average Bonchev–Trinajstić information content (AvgIpc) is 2.64. The van der Waals surface area contributed by atoms with E-state index in [0.29, 0.717) is 0 Å². The van der Waals surface area contributed by atoms with Gasteiger partial charge in [0.25, 0.3) is 0 Å². The van der Waals surface area contributed by atoms with Crippen molar-refractivity contribution in [2.75, 3.05) is 11.9 Å². The molecule has 0 spiro atoms. The van der Waals surface area contributed by atoms with Crippen LogP contribution in [0.15, 0.2) is 0 Å². The van der Waals surface area contributed by atoms with Gasteiger partial charge in [0.1, 0.15) is 6.42 Å². The number of carbonyl (C=O) groups excluding carboxylic acids is 2. The summed E-state index contributed by atoms with van der Waals surface area (Å²) in [5, 5.41) is 10.8. The van der Waals surface area contributed by atoms with Crippen LogP contribution in [0.3, 0.4) is 0 Å². The summed E-state index contributed by atoms with van der Waals surface area (Å²) in [5.74, 6) is -2.68. The number of hydrogen-bond donors (Lipinski definition) is 2. The molecule has 2 N–H and O–H groups in total. The van der Waals surface area contributed by atoms with Gasteiger partial charge in [0.2, 0.25) is 10.9 Å². The third kappa shape index (κ3) is 3.73. The van der Waals surface area contributed by atoms with Crippen LogP contribution in [-0.2, 0) is 14.3 Å². The fourth-order valence-electron chi connectivity index (χ4n) is 0.944. The Morgan fingerprint density at radius 3 is 2.82 bits per heavy atom. The summed E-state index contributed by atoms with van der Waals surface area (Å²) in [6.45, 7) is 1.82. The van der Waals surface area contributed by atoms with Crippen LogP contribution in [0.5, 0.6) is 0 Å². The molecule has 0 radical (unpaired) electrons. The van der Waals surface area contributed by atoms with E-state index in [0.717, 1.165) is 11.3 Å². The lowest BCUT2D eigenvalue weighted by atomic mass is 10.4. The Hall–Kier alpha value is -2.14. The van der Waals surface area contributed by atoms with Crippen LogP contribution in [0.25, 0.3) is 0 Å². The first-order valence-corrected chi connectivity index (χ1v) is 5.41. The first-order valence-electron chi connectivity index (χ1n) is 4.60. The van der Waals surface area contributed by atoms with E-state index in [1.165, 1.54) is 0 Å². The van der Waals surface area contributed by atoms with Crippen molar-refractivity contribution in [3.63, 3.8) is 0 Å². The van der Waals surface area contributed by atoms with Crippen molar-refractivity contribution >= 4 is 34.2 Å². The number of ether oxygens (including phenoxy) is 1. The monoisotopic (exact) mass is 257 g/mol. The Morgan fingerprint density at radius 1 is 1.53 bits per heavy atom. The van der Waals surface area contributed by atoms with E-state index < -0.39 is 24.3 Å². The van der Waals surface area contributed by atoms with Crippen molar-refractivity contribution in [3.8, 4) is 0 Å². The molecule has 0 saturated heterocycles. The molecule has 17 heavy (non-hydrogen) atoms. The SMILES string of the molecule is CCOC(=O)c1[n+]#csc1NC(=O)CC(=O)O. The predicted octanol–water partition coefficient (Wildman–Crippen LogP) is -0.262. The largest absolute Gasteiger partial charge is 0.481 e. The number of esters is 1. The first kappa shape index (κ1) is 12.9. The number of aromatic nitrogens is 1. The maximum Gasteiger partial charge on any atom is 0.459 e.